The third-order valence-corrected chi connectivity index (χ3v) is 7.20. The number of hydrogen-bond acceptors (Lipinski definition) is 8. The van der Waals surface area contributed by atoms with Crippen molar-refractivity contribution in [1.29, 1.82) is 0 Å². The number of aromatic nitrogens is 5. The van der Waals surface area contributed by atoms with Crippen molar-refractivity contribution in [1.82, 2.24) is 29.4 Å². The van der Waals surface area contributed by atoms with Gasteiger partial charge < -0.3 is 14.2 Å². The van der Waals surface area contributed by atoms with Crippen LogP contribution in [0.25, 0.3) is 11.2 Å². The van der Waals surface area contributed by atoms with Crippen LogP contribution >= 0.6 is 11.3 Å². The topological polar surface area (TPSA) is 72.2 Å². The highest BCUT2D eigenvalue weighted by Gasteiger charge is 2.41. The monoisotopic (exact) mass is 413 g/mol. The minimum Gasteiger partial charge on any atom is -0.383 e. The second kappa shape index (κ2) is 7.62. The van der Waals surface area contributed by atoms with Crippen LogP contribution in [0.2, 0.25) is 0 Å². The molecule has 154 valence electrons. The molecule has 5 heterocycles. The number of aryl methyl sites for hydroxylation is 2. The molecule has 2 fully saturated rings. The van der Waals surface area contributed by atoms with Crippen molar-refractivity contribution in [3.8, 4) is 0 Å². The van der Waals surface area contributed by atoms with Gasteiger partial charge in [0.2, 0.25) is 0 Å². The molecule has 8 nitrogen and oxygen atoms in total. The highest BCUT2D eigenvalue weighted by atomic mass is 32.1. The number of ether oxygens (including phenoxy) is 1. The Labute approximate surface area is 174 Å². The van der Waals surface area contributed by atoms with Gasteiger partial charge in [0.1, 0.15) is 6.33 Å². The van der Waals surface area contributed by atoms with Gasteiger partial charge in [0.05, 0.1) is 23.6 Å². The Morgan fingerprint density at radius 3 is 2.59 bits per heavy atom. The number of methoxy groups -OCH3 is 1. The lowest BCUT2D eigenvalue weighted by molar-refractivity contribution is 0.188. The molecule has 29 heavy (non-hydrogen) atoms. The molecule has 0 aliphatic carbocycles. The van der Waals surface area contributed by atoms with E-state index < -0.39 is 0 Å². The molecule has 2 aliphatic heterocycles. The quantitative estimate of drug-likeness (QED) is 0.613. The van der Waals surface area contributed by atoms with Crippen LogP contribution in [-0.4, -0.2) is 69.3 Å². The lowest BCUT2D eigenvalue weighted by Crippen LogP contribution is -2.29. The minimum atomic E-state index is 0.646. The van der Waals surface area contributed by atoms with Gasteiger partial charge in [-0.2, -0.15) is 0 Å². The summed E-state index contributed by atoms with van der Waals surface area (Å²) < 4.78 is 7.24. The number of nitrogens with zero attached hydrogens (tertiary/aromatic N) is 7. The van der Waals surface area contributed by atoms with E-state index in [0.29, 0.717) is 18.4 Å². The van der Waals surface area contributed by atoms with E-state index in [-0.39, 0.29) is 0 Å². The van der Waals surface area contributed by atoms with E-state index in [2.05, 4.69) is 43.6 Å². The third-order valence-electron chi connectivity index (χ3n) is 6.15. The molecule has 0 bridgehead atoms. The third kappa shape index (κ3) is 3.51. The Morgan fingerprint density at radius 2 is 1.90 bits per heavy atom. The lowest BCUT2D eigenvalue weighted by Gasteiger charge is -2.22. The van der Waals surface area contributed by atoms with E-state index in [1.54, 1.807) is 13.4 Å². The first-order valence-corrected chi connectivity index (χ1v) is 11.0. The van der Waals surface area contributed by atoms with Crippen molar-refractivity contribution in [3.63, 3.8) is 0 Å². The maximum atomic E-state index is 5.20. The Bertz CT molecular complexity index is 1000. The van der Waals surface area contributed by atoms with E-state index in [1.807, 2.05) is 22.2 Å². The summed E-state index contributed by atoms with van der Waals surface area (Å²) in [6.07, 6.45) is 3.51. The summed E-state index contributed by atoms with van der Waals surface area (Å²) >= 11 is 1.84. The number of imidazole rings is 1. The summed E-state index contributed by atoms with van der Waals surface area (Å²) in [6.45, 7) is 11.0. The number of likely N-dealkylation sites (tertiary alicyclic amines) is 1. The van der Waals surface area contributed by atoms with Crippen molar-refractivity contribution < 1.29 is 4.74 Å². The molecule has 3 aromatic heterocycles. The molecule has 2 saturated heterocycles. The van der Waals surface area contributed by atoms with Crippen LogP contribution in [0.1, 0.15) is 15.6 Å². The fourth-order valence-electron chi connectivity index (χ4n) is 4.77. The Morgan fingerprint density at radius 1 is 1.10 bits per heavy atom. The highest BCUT2D eigenvalue weighted by molar-refractivity contribution is 7.11. The first-order chi connectivity index (χ1) is 14.1. The maximum absolute atomic E-state index is 5.20. The van der Waals surface area contributed by atoms with Crippen LogP contribution in [0.5, 0.6) is 0 Å². The number of anilines is 1. The Balaban J connectivity index is 1.28. The van der Waals surface area contributed by atoms with Gasteiger partial charge in [0.15, 0.2) is 17.0 Å². The molecule has 0 radical (unpaired) electrons. The summed E-state index contributed by atoms with van der Waals surface area (Å²) in [5.41, 5.74) is 2.98. The van der Waals surface area contributed by atoms with Crippen LogP contribution in [0.3, 0.4) is 0 Å². The molecule has 2 atom stereocenters. The van der Waals surface area contributed by atoms with Crippen LogP contribution in [0, 0.1) is 25.7 Å². The predicted octanol–water partition coefficient (Wildman–Crippen LogP) is 2.11. The molecule has 5 rings (SSSR count). The first-order valence-electron chi connectivity index (χ1n) is 10.2. The van der Waals surface area contributed by atoms with Gasteiger partial charge >= 0.3 is 0 Å². The van der Waals surface area contributed by atoms with E-state index in [4.69, 9.17) is 4.74 Å². The summed E-state index contributed by atoms with van der Waals surface area (Å²) in [4.78, 5) is 24.7. The molecule has 0 spiro atoms. The average Bonchev–Trinajstić information content (AvgIpc) is 3.43. The zero-order valence-corrected chi connectivity index (χ0v) is 18.0. The van der Waals surface area contributed by atoms with E-state index in [0.717, 1.165) is 56.3 Å². The van der Waals surface area contributed by atoms with Gasteiger partial charge in [0.25, 0.3) is 0 Å². The molecule has 0 N–H and O–H groups in total. The van der Waals surface area contributed by atoms with Crippen molar-refractivity contribution in [2.75, 3.05) is 44.8 Å². The van der Waals surface area contributed by atoms with Gasteiger partial charge in [-0.05, 0) is 25.7 Å². The van der Waals surface area contributed by atoms with Crippen molar-refractivity contribution in [2.24, 2.45) is 11.8 Å². The molecule has 0 amide bonds. The lowest BCUT2D eigenvalue weighted by atomic mass is 10.0. The summed E-state index contributed by atoms with van der Waals surface area (Å²) in [5, 5.41) is 1.17. The van der Waals surface area contributed by atoms with Crippen LogP contribution in [0.15, 0.2) is 12.7 Å². The molecule has 2 unspecified atom stereocenters. The smallest absolute Gasteiger partial charge is 0.165 e. The molecule has 2 aliphatic rings. The highest BCUT2D eigenvalue weighted by Crippen LogP contribution is 2.36. The molecular weight excluding hydrogens is 386 g/mol. The minimum absolute atomic E-state index is 0.646. The second-order valence-electron chi connectivity index (χ2n) is 8.16. The standard InChI is InChI=1S/C20H27N7OS/c1-13-17(29-14(2)24-13)10-25-6-15-8-27(9-16(15)7-25)20-18-19(21-11-22-20)26(12-23-18)4-5-28-3/h11-12,15-16H,4-10H2,1-3H3. The van der Waals surface area contributed by atoms with Crippen molar-refractivity contribution in [2.45, 2.75) is 26.9 Å². The molecule has 0 saturated carbocycles. The van der Waals surface area contributed by atoms with Crippen molar-refractivity contribution in [3.05, 3.63) is 28.2 Å². The number of thiazole rings is 1. The summed E-state index contributed by atoms with van der Waals surface area (Å²) in [7, 11) is 1.71. The SMILES string of the molecule is COCCn1cnc2c(N3CC4CN(Cc5sc(C)nc5C)CC4C3)ncnc21. The molecule has 9 heteroatoms. The second-order valence-corrected chi connectivity index (χ2v) is 9.45. The van der Waals surface area contributed by atoms with Gasteiger partial charge in [-0.15, -0.1) is 11.3 Å². The van der Waals surface area contributed by atoms with Gasteiger partial charge in [-0.3, -0.25) is 4.90 Å². The molecular formula is C20H27N7OS. The zero-order valence-electron chi connectivity index (χ0n) is 17.2. The average molecular weight is 414 g/mol. The number of hydrogen-bond donors (Lipinski definition) is 0. The maximum Gasteiger partial charge on any atom is 0.165 e. The van der Waals surface area contributed by atoms with Crippen molar-refractivity contribution >= 4 is 28.3 Å². The van der Waals surface area contributed by atoms with Crippen LogP contribution in [0.4, 0.5) is 5.82 Å². The Kier molecular flexibility index (Phi) is 4.97. The zero-order chi connectivity index (χ0) is 20.0. The van der Waals surface area contributed by atoms with E-state index in [1.165, 1.54) is 15.6 Å². The first kappa shape index (κ1) is 18.9. The van der Waals surface area contributed by atoms with E-state index in [9.17, 15) is 0 Å². The number of fused-ring (bicyclic) bond motifs is 2. The normalized spacial score (nSPS) is 22.1. The Hall–Kier alpha value is -2.10. The van der Waals surface area contributed by atoms with Crippen LogP contribution in [-0.2, 0) is 17.8 Å². The van der Waals surface area contributed by atoms with Gasteiger partial charge in [-0.25, -0.2) is 19.9 Å². The van der Waals surface area contributed by atoms with Gasteiger partial charge in [-0.1, -0.05) is 0 Å². The molecule has 3 aromatic rings. The largest absolute Gasteiger partial charge is 0.383 e. The summed E-state index contributed by atoms with van der Waals surface area (Å²) in [5.74, 6) is 2.34. The molecule has 0 aromatic carbocycles. The van der Waals surface area contributed by atoms with Gasteiger partial charge in [0, 0.05) is 51.3 Å². The number of rotatable bonds is 6. The summed E-state index contributed by atoms with van der Waals surface area (Å²) in [6, 6.07) is 0. The predicted molar refractivity (Wildman–Crippen MR) is 113 cm³/mol. The fourth-order valence-corrected chi connectivity index (χ4v) is 5.75. The van der Waals surface area contributed by atoms with E-state index >= 15 is 0 Å². The van der Waals surface area contributed by atoms with Crippen LogP contribution < -0.4 is 4.90 Å². The fraction of sp³-hybridized carbons (Fsp3) is 0.600.